The summed E-state index contributed by atoms with van der Waals surface area (Å²) in [5, 5.41) is 0. The number of halogens is 3. The lowest BCUT2D eigenvalue weighted by molar-refractivity contribution is -0.138. The van der Waals surface area contributed by atoms with Gasteiger partial charge >= 0.3 is 6.18 Å². The summed E-state index contributed by atoms with van der Waals surface area (Å²) in [5.74, 6) is -0.530. The summed E-state index contributed by atoms with van der Waals surface area (Å²) in [4.78, 5) is 28.7. The molecule has 2 aromatic rings. The minimum atomic E-state index is -4.78. The van der Waals surface area contributed by atoms with E-state index in [-0.39, 0.29) is 24.4 Å². The second-order valence-corrected chi connectivity index (χ2v) is 6.88. The monoisotopic (exact) mass is 394 g/mol. The van der Waals surface area contributed by atoms with Crippen molar-refractivity contribution in [3.8, 4) is 0 Å². The first-order chi connectivity index (χ1) is 13.2. The highest BCUT2D eigenvalue weighted by Crippen LogP contribution is 2.37. The molecule has 0 aliphatic heterocycles. The fraction of sp³-hybridized carbons (Fsp3) is 0.400. The quantitative estimate of drug-likeness (QED) is 0.844. The second-order valence-electron chi connectivity index (χ2n) is 6.88. The molecule has 0 fully saturated rings. The molecule has 0 bridgehead atoms. The third-order valence-corrected chi connectivity index (χ3v) is 5.00. The number of aromatic nitrogens is 1. The summed E-state index contributed by atoms with van der Waals surface area (Å²) in [6.45, 7) is 2.07. The number of nitrogens with one attached hydrogen (secondary N) is 1. The average Bonchev–Trinajstić information content (AvgIpc) is 3.05. The van der Waals surface area contributed by atoms with Crippen LogP contribution < -0.4 is 5.56 Å². The van der Waals surface area contributed by atoms with Gasteiger partial charge in [-0.05, 0) is 43.0 Å². The van der Waals surface area contributed by atoms with Gasteiger partial charge in [-0.3, -0.25) is 9.59 Å². The fourth-order valence-electron chi connectivity index (χ4n) is 3.75. The van der Waals surface area contributed by atoms with E-state index < -0.39 is 23.2 Å². The molecule has 1 aromatic heterocycles. The van der Waals surface area contributed by atoms with Crippen molar-refractivity contribution >= 4 is 5.91 Å². The Bertz CT molecular complexity index is 923. The Labute approximate surface area is 160 Å². The van der Waals surface area contributed by atoms with Gasteiger partial charge in [-0.15, -0.1) is 0 Å². The van der Waals surface area contributed by atoms with Crippen LogP contribution in [0.2, 0.25) is 0 Å². The molecule has 1 heterocycles. The van der Waals surface area contributed by atoms with Crippen molar-refractivity contribution in [1.29, 1.82) is 0 Å². The summed E-state index contributed by atoms with van der Waals surface area (Å²) in [6.07, 6.45) is -3.28. The standard InChI is InChI=1S/C20H21F3N2O3/c1-12(11-28-2)25(17-10-7-13-5-3-4-6-14(13)17)19(27)16-9-8-15(18(26)24-16)20(21,22)23/h3-6,8-9,12,17H,7,10-11H2,1-2H3,(H,24,26). The number of hydrogen-bond acceptors (Lipinski definition) is 3. The fourth-order valence-corrected chi connectivity index (χ4v) is 3.75. The number of rotatable bonds is 5. The van der Waals surface area contributed by atoms with E-state index in [0.29, 0.717) is 12.5 Å². The number of hydrogen-bond donors (Lipinski definition) is 1. The first-order valence-electron chi connectivity index (χ1n) is 8.94. The molecular weight excluding hydrogens is 373 g/mol. The largest absolute Gasteiger partial charge is 0.421 e. The van der Waals surface area contributed by atoms with Crippen LogP contribution in [0.4, 0.5) is 13.2 Å². The van der Waals surface area contributed by atoms with Crippen molar-refractivity contribution < 1.29 is 22.7 Å². The first kappa shape index (κ1) is 20.1. The van der Waals surface area contributed by atoms with Crippen LogP contribution in [-0.2, 0) is 17.3 Å². The zero-order valence-electron chi connectivity index (χ0n) is 15.5. The number of carbonyl (C=O) groups excluding carboxylic acids is 1. The Morgan fingerprint density at radius 3 is 2.64 bits per heavy atom. The van der Waals surface area contributed by atoms with E-state index in [9.17, 15) is 22.8 Å². The van der Waals surface area contributed by atoms with Gasteiger partial charge < -0.3 is 14.6 Å². The first-order valence-corrected chi connectivity index (χ1v) is 8.94. The number of carbonyl (C=O) groups is 1. The van der Waals surface area contributed by atoms with E-state index in [4.69, 9.17) is 4.74 Å². The minimum Gasteiger partial charge on any atom is -0.383 e. The molecule has 8 heteroatoms. The molecule has 0 spiro atoms. The predicted octanol–water partition coefficient (Wildman–Crippen LogP) is 3.56. The number of ether oxygens (including phenoxy) is 1. The van der Waals surface area contributed by atoms with Crippen molar-refractivity contribution in [2.24, 2.45) is 0 Å². The van der Waals surface area contributed by atoms with Crippen molar-refractivity contribution in [3.63, 3.8) is 0 Å². The van der Waals surface area contributed by atoms with Crippen molar-refractivity contribution in [3.05, 3.63) is 69.1 Å². The molecule has 1 aliphatic carbocycles. The molecular formula is C20H21F3N2O3. The van der Waals surface area contributed by atoms with Gasteiger partial charge in [0.05, 0.1) is 18.7 Å². The molecule has 3 rings (SSSR count). The molecule has 150 valence electrons. The summed E-state index contributed by atoms with van der Waals surface area (Å²) < 4.78 is 43.7. The van der Waals surface area contributed by atoms with Gasteiger partial charge in [0.25, 0.3) is 11.5 Å². The Hall–Kier alpha value is -2.61. The van der Waals surface area contributed by atoms with Crippen LogP contribution in [0.1, 0.15) is 46.6 Å². The third kappa shape index (κ3) is 3.82. The lowest BCUT2D eigenvalue weighted by atomic mass is 10.0. The Morgan fingerprint density at radius 2 is 2.00 bits per heavy atom. The second kappa shape index (κ2) is 7.79. The molecule has 2 unspecified atom stereocenters. The summed E-state index contributed by atoms with van der Waals surface area (Å²) in [5.41, 5.74) is -0.689. The predicted molar refractivity (Wildman–Crippen MR) is 97.1 cm³/mol. The van der Waals surface area contributed by atoms with Gasteiger partial charge in [0.1, 0.15) is 11.3 Å². The third-order valence-electron chi connectivity index (χ3n) is 5.00. The number of nitrogens with zero attached hydrogens (tertiary/aromatic N) is 1. The number of pyridine rings is 1. The maximum Gasteiger partial charge on any atom is 0.421 e. The number of alkyl halides is 3. The number of fused-ring (bicyclic) bond motifs is 1. The molecule has 1 aliphatic rings. The van der Waals surface area contributed by atoms with E-state index >= 15 is 0 Å². The number of methoxy groups -OCH3 is 1. The van der Waals surface area contributed by atoms with Crippen LogP contribution in [0.3, 0.4) is 0 Å². The van der Waals surface area contributed by atoms with E-state index in [1.54, 1.807) is 4.90 Å². The van der Waals surface area contributed by atoms with Gasteiger partial charge in [-0.25, -0.2) is 0 Å². The normalized spacial score (nSPS) is 17.2. The highest BCUT2D eigenvalue weighted by Gasteiger charge is 2.37. The molecule has 1 amide bonds. The summed E-state index contributed by atoms with van der Waals surface area (Å²) in [7, 11) is 1.52. The summed E-state index contributed by atoms with van der Waals surface area (Å²) in [6, 6.07) is 8.86. The zero-order chi connectivity index (χ0) is 20.5. The van der Waals surface area contributed by atoms with Crippen LogP contribution in [0.25, 0.3) is 0 Å². The average molecular weight is 394 g/mol. The van der Waals surface area contributed by atoms with E-state index in [1.165, 1.54) is 7.11 Å². The van der Waals surface area contributed by atoms with E-state index in [0.717, 1.165) is 23.6 Å². The number of amides is 1. The highest BCUT2D eigenvalue weighted by atomic mass is 19.4. The van der Waals surface area contributed by atoms with Crippen LogP contribution in [0.15, 0.2) is 41.2 Å². The number of benzene rings is 1. The highest BCUT2D eigenvalue weighted by molar-refractivity contribution is 5.93. The molecule has 1 N–H and O–H groups in total. The summed E-state index contributed by atoms with van der Waals surface area (Å²) >= 11 is 0. The van der Waals surface area contributed by atoms with Crippen molar-refractivity contribution in [1.82, 2.24) is 9.88 Å². The molecule has 0 saturated heterocycles. The van der Waals surface area contributed by atoms with Crippen LogP contribution in [0.5, 0.6) is 0 Å². The topological polar surface area (TPSA) is 62.4 Å². The lowest BCUT2D eigenvalue weighted by Crippen LogP contribution is -2.44. The smallest absolute Gasteiger partial charge is 0.383 e. The van der Waals surface area contributed by atoms with Gasteiger partial charge in [0.2, 0.25) is 0 Å². The maximum atomic E-state index is 13.2. The number of aromatic amines is 1. The number of aryl methyl sites for hydroxylation is 1. The van der Waals surface area contributed by atoms with Gasteiger partial charge in [-0.1, -0.05) is 24.3 Å². The van der Waals surface area contributed by atoms with Crippen LogP contribution in [0, 0.1) is 0 Å². The molecule has 0 radical (unpaired) electrons. The minimum absolute atomic E-state index is 0.176. The van der Waals surface area contributed by atoms with Gasteiger partial charge in [-0.2, -0.15) is 13.2 Å². The molecule has 1 aromatic carbocycles. The number of H-pyrrole nitrogens is 1. The molecule has 5 nitrogen and oxygen atoms in total. The SMILES string of the molecule is COCC(C)N(C(=O)c1ccc(C(F)(F)F)c(=O)[nH]1)C1CCc2ccccc21. The molecule has 2 atom stereocenters. The van der Waals surface area contributed by atoms with Crippen molar-refractivity contribution in [2.75, 3.05) is 13.7 Å². The Kier molecular flexibility index (Phi) is 5.60. The van der Waals surface area contributed by atoms with Gasteiger partial charge in [0.15, 0.2) is 0 Å². The van der Waals surface area contributed by atoms with E-state index in [1.807, 2.05) is 31.2 Å². The molecule has 28 heavy (non-hydrogen) atoms. The molecule has 0 saturated carbocycles. The Morgan fingerprint density at radius 1 is 1.29 bits per heavy atom. The zero-order valence-corrected chi connectivity index (χ0v) is 15.5. The maximum absolute atomic E-state index is 13.2. The van der Waals surface area contributed by atoms with Crippen molar-refractivity contribution in [2.45, 2.75) is 38.0 Å². The van der Waals surface area contributed by atoms with Gasteiger partial charge in [0, 0.05) is 7.11 Å². The van der Waals surface area contributed by atoms with E-state index in [2.05, 4.69) is 4.98 Å². The lowest BCUT2D eigenvalue weighted by Gasteiger charge is -2.35. The van der Waals surface area contributed by atoms with Crippen LogP contribution in [-0.4, -0.2) is 35.5 Å². The Balaban J connectivity index is 1.99. The van der Waals surface area contributed by atoms with Crippen LogP contribution >= 0.6 is 0 Å².